The summed E-state index contributed by atoms with van der Waals surface area (Å²) in [5.41, 5.74) is 1.74. The molecule has 0 spiro atoms. The first kappa shape index (κ1) is 23.6. The van der Waals surface area contributed by atoms with E-state index in [0.717, 1.165) is 40.4 Å². The third kappa shape index (κ3) is 4.82. The summed E-state index contributed by atoms with van der Waals surface area (Å²) >= 11 is 1.10. The maximum Gasteiger partial charge on any atom is 0.416 e. The van der Waals surface area contributed by atoms with E-state index in [1.165, 1.54) is 24.3 Å². The van der Waals surface area contributed by atoms with Crippen LogP contribution in [0.25, 0.3) is 28.0 Å². The van der Waals surface area contributed by atoms with Gasteiger partial charge in [0.05, 0.1) is 11.3 Å². The number of hydrogen-bond acceptors (Lipinski definition) is 4. The summed E-state index contributed by atoms with van der Waals surface area (Å²) in [6.07, 6.45) is -2.65. The third-order valence-electron chi connectivity index (χ3n) is 5.38. The molecule has 0 aliphatic carbocycles. The van der Waals surface area contributed by atoms with Crippen molar-refractivity contribution in [2.45, 2.75) is 11.3 Å². The van der Waals surface area contributed by atoms with Gasteiger partial charge < -0.3 is 10.3 Å². The van der Waals surface area contributed by atoms with Gasteiger partial charge in [-0.05, 0) is 54.6 Å². The fourth-order valence-electron chi connectivity index (χ4n) is 3.69. The van der Waals surface area contributed by atoms with Crippen LogP contribution in [0.3, 0.4) is 0 Å². The van der Waals surface area contributed by atoms with Crippen LogP contribution in [0.1, 0.15) is 5.56 Å². The van der Waals surface area contributed by atoms with E-state index in [4.69, 9.17) is 0 Å². The van der Waals surface area contributed by atoms with Crippen molar-refractivity contribution < 1.29 is 22.4 Å². The van der Waals surface area contributed by atoms with E-state index in [1.54, 1.807) is 22.9 Å². The molecule has 3 aromatic carbocycles. The highest BCUT2D eigenvalue weighted by atomic mass is 32.2. The van der Waals surface area contributed by atoms with Gasteiger partial charge in [-0.1, -0.05) is 30.0 Å². The average molecular weight is 512 g/mol. The molecule has 0 saturated heterocycles. The first-order valence-electron chi connectivity index (χ1n) is 10.7. The number of thioether (sulfide) groups is 1. The van der Waals surface area contributed by atoms with Gasteiger partial charge in [-0.2, -0.15) is 13.2 Å². The number of aromatic amines is 1. The topological polar surface area (TPSA) is 75.6 Å². The Hall–Kier alpha value is -4.12. The molecule has 11 heteroatoms. The monoisotopic (exact) mass is 511 g/mol. The number of hydrogen-bond donors (Lipinski definition) is 2. The van der Waals surface area contributed by atoms with Crippen molar-refractivity contribution in [2.24, 2.45) is 0 Å². The van der Waals surface area contributed by atoms with E-state index in [0.29, 0.717) is 16.7 Å². The van der Waals surface area contributed by atoms with Crippen LogP contribution in [0, 0.1) is 5.82 Å². The van der Waals surface area contributed by atoms with Crippen LogP contribution in [0.4, 0.5) is 23.2 Å². The predicted molar refractivity (Wildman–Crippen MR) is 129 cm³/mol. The number of alkyl halides is 3. The average Bonchev–Trinajstić information content (AvgIpc) is 3.47. The number of halogens is 4. The smallest absolute Gasteiger partial charge is 0.360 e. The van der Waals surface area contributed by atoms with E-state index < -0.39 is 23.5 Å². The molecular formula is C25H17F4N5OS. The van der Waals surface area contributed by atoms with Crippen LogP contribution in [-0.2, 0) is 11.0 Å². The number of aromatic nitrogens is 4. The lowest BCUT2D eigenvalue weighted by Gasteiger charge is -2.11. The van der Waals surface area contributed by atoms with Crippen molar-refractivity contribution in [3.05, 3.63) is 90.4 Å². The molecule has 182 valence electrons. The highest BCUT2D eigenvalue weighted by Crippen LogP contribution is 2.33. The van der Waals surface area contributed by atoms with E-state index in [2.05, 4.69) is 20.5 Å². The van der Waals surface area contributed by atoms with Crippen LogP contribution in [0.2, 0.25) is 0 Å². The second-order valence-electron chi connectivity index (χ2n) is 7.78. The molecule has 0 atom stereocenters. The zero-order chi connectivity index (χ0) is 25.3. The van der Waals surface area contributed by atoms with Crippen molar-refractivity contribution in [1.29, 1.82) is 0 Å². The van der Waals surface area contributed by atoms with Gasteiger partial charge in [0.1, 0.15) is 5.82 Å². The second kappa shape index (κ2) is 9.50. The summed E-state index contributed by atoms with van der Waals surface area (Å²) in [7, 11) is 0. The number of nitrogens with zero attached hydrogens (tertiary/aromatic N) is 3. The molecule has 0 fully saturated rings. The minimum atomic E-state index is -4.45. The number of amides is 1. The van der Waals surface area contributed by atoms with E-state index in [9.17, 15) is 22.4 Å². The molecule has 0 bridgehead atoms. The number of para-hydroxylation sites is 1. The summed E-state index contributed by atoms with van der Waals surface area (Å²) in [6.45, 7) is 0. The van der Waals surface area contributed by atoms with Gasteiger partial charge in [0.15, 0.2) is 11.0 Å². The van der Waals surface area contributed by atoms with Crippen molar-refractivity contribution in [3.8, 4) is 17.1 Å². The highest BCUT2D eigenvalue weighted by Gasteiger charge is 2.30. The molecule has 0 unspecified atom stereocenters. The molecule has 6 nitrogen and oxygen atoms in total. The molecule has 36 heavy (non-hydrogen) atoms. The Morgan fingerprint density at radius 3 is 2.42 bits per heavy atom. The minimum absolute atomic E-state index is 0.0752. The number of carbonyl (C=O) groups excluding carboxylic acids is 1. The van der Waals surface area contributed by atoms with Crippen LogP contribution in [0.5, 0.6) is 0 Å². The number of fused-ring (bicyclic) bond motifs is 1. The lowest BCUT2D eigenvalue weighted by atomic mass is 10.1. The summed E-state index contributed by atoms with van der Waals surface area (Å²) in [4.78, 5) is 15.7. The Bertz CT molecular complexity index is 1530. The van der Waals surface area contributed by atoms with Crippen LogP contribution >= 0.6 is 11.8 Å². The summed E-state index contributed by atoms with van der Waals surface area (Å²) in [5.74, 6) is -0.397. The zero-order valence-electron chi connectivity index (χ0n) is 18.4. The summed E-state index contributed by atoms with van der Waals surface area (Å²) in [5, 5.41) is 12.5. The van der Waals surface area contributed by atoms with E-state index >= 15 is 0 Å². The SMILES string of the molecule is O=C(CSc1nnc(-c2c[nH]c3ccccc23)n1-c1ccc(F)cc1)Nc1ccc(C(F)(F)F)cc1. The lowest BCUT2D eigenvalue weighted by molar-refractivity contribution is -0.137. The fourth-order valence-corrected chi connectivity index (χ4v) is 4.44. The number of H-pyrrole nitrogens is 1. The molecule has 0 aliphatic rings. The molecule has 2 aromatic heterocycles. The van der Waals surface area contributed by atoms with Crippen molar-refractivity contribution >= 4 is 34.3 Å². The first-order valence-corrected chi connectivity index (χ1v) is 11.7. The molecule has 0 saturated carbocycles. The van der Waals surface area contributed by atoms with Gasteiger partial charge in [0, 0.05) is 34.0 Å². The summed E-state index contributed by atoms with van der Waals surface area (Å²) in [6, 6.07) is 17.7. The summed E-state index contributed by atoms with van der Waals surface area (Å²) < 4.78 is 53.6. The Labute approximate surface area is 206 Å². The van der Waals surface area contributed by atoms with Gasteiger partial charge in [0.2, 0.25) is 5.91 Å². The Kier molecular flexibility index (Phi) is 6.23. The molecule has 2 N–H and O–H groups in total. The number of anilines is 1. The Morgan fingerprint density at radius 2 is 1.69 bits per heavy atom. The molecular weight excluding hydrogens is 494 g/mol. The maximum absolute atomic E-state index is 13.6. The van der Waals surface area contributed by atoms with Gasteiger partial charge in [0.25, 0.3) is 0 Å². The molecule has 2 heterocycles. The number of carbonyl (C=O) groups is 1. The van der Waals surface area contributed by atoms with Gasteiger partial charge >= 0.3 is 6.18 Å². The molecule has 0 radical (unpaired) electrons. The van der Waals surface area contributed by atoms with Crippen molar-refractivity contribution in [3.63, 3.8) is 0 Å². The Morgan fingerprint density at radius 1 is 0.972 bits per heavy atom. The molecule has 1 amide bonds. The fraction of sp³-hybridized carbons (Fsp3) is 0.0800. The molecule has 0 aliphatic heterocycles. The normalized spacial score (nSPS) is 11.7. The van der Waals surface area contributed by atoms with Gasteiger partial charge in [-0.25, -0.2) is 4.39 Å². The van der Waals surface area contributed by atoms with Crippen LogP contribution in [0.15, 0.2) is 84.1 Å². The largest absolute Gasteiger partial charge is 0.416 e. The Balaban J connectivity index is 1.40. The molecule has 5 rings (SSSR count). The van der Waals surface area contributed by atoms with Gasteiger partial charge in [-0.15, -0.1) is 10.2 Å². The number of nitrogens with one attached hydrogen (secondary N) is 2. The quantitative estimate of drug-likeness (QED) is 0.207. The first-order chi connectivity index (χ1) is 17.3. The highest BCUT2D eigenvalue weighted by molar-refractivity contribution is 7.99. The minimum Gasteiger partial charge on any atom is -0.360 e. The lowest BCUT2D eigenvalue weighted by Crippen LogP contribution is -2.15. The van der Waals surface area contributed by atoms with Crippen molar-refractivity contribution in [2.75, 3.05) is 11.1 Å². The standard InChI is InChI=1S/C25H17F4N5OS/c26-16-7-11-18(12-8-16)34-23(20-13-30-21-4-2-1-3-19(20)21)32-33-24(34)36-14-22(35)31-17-9-5-15(6-10-17)25(27,28)29/h1-13,30H,14H2,(H,31,35). The molecule has 5 aromatic rings. The maximum atomic E-state index is 13.6. The van der Waals surface area contributed by atoms with Crippen LogP contribution < -0.4 is 5.32 Å². The predicted octanol–water partition coefficient (Wildman–Crippen LogP) is 6.30. The number of rotatable bonds is 6. The number of benzene rings is 3. The van der Waals surface area contributed by atoms with E-state index in [-0.39, 0.29) is 11.4 Å². The third-order valence-corrected chi connectivity index (χ3v) is 6.31. The zero-order valence-corrected chi connectivity index (χ0v) is 19.2. The van der Waals surface area contributed by atoms with E-state index in [1.807, 2.05) is 24.3 Å². The van der Waals surface area contributed by atoms with Crippen LogP contribution in [-0.4, -0.2) is 31.4 Å². The van der Waals surface area contributed by atoms with Gasteiger partial charge in [-0.3, -0.25) is 9.36 Å². The second-order valence-corrected chi connectivity index (χ2v) is 8.72. The van der Waals surface area contributed by atoms with Crippen molar-refractivity contribution in [1.82, 2.24) is 19.7 Å².